The average molecular weight is 277 g/mol. The van der Waals surface area contributed by atoms with Gasteiger partial charge in [-0.05, 0) is 38.1 Å². The number of hydrogen-bond donors (Lipinski definition) is 1. The summed E-state index contributed by atoms with van der Waals surface area (Å²) in [7, 11) is 1.92. The van der Waals surface area contributed by atoms with Crippen molar-refractivity contribution in [1.82, 2.24) is 10.2 Å². The van der Waals surface area contributed by atoms with Crippen LogP contribution in [0, 0.1) is 5.92 Å². The van der Waals surface area contributed by atoms with E-state index in [1.807, 2.05) is 11.9 Å². The quantitative estimate of drug-likeness (QED) is 0.845. The van der Waals surface area contributed by atoms with E-state index in [0.29, 0.717) is 18.4 Å². The first-order valence-electron chi connectivity index (χ1n) is 6.81. The van der Waals surface area contributed by atoms with Crippen LogP contribution in [0.3, 0.4) is 0 Å². The molecule has 0 bridgehead atoms. The van der Waals surface area contributed by atoms with E-state index < -0.39 is 0 Å². The normalized spacial score (nSPS) is 27.6. The minimum Gasteiger partial charge on any atom is -0.381 e. The maximum absolute atomic E-state index is 12.0. The van der Waals surface area contributed by atoms with Gasteiger partial charge in [0.1, 0.15) is 0 Å². The van der Waals surface area contributed by atoms with Gasteiger partial charge in [0, 0.05) is 32.7 Å². The molecule has 2 rings (SSSR count). The molecule has 2 atom stereocenters. The summed E-state index contributed by atoms with van der Waals surface area (Å²) in [6, 6.07) is 0.410. The molecule has 5 heteroatoms. The smallest absolute Gasteiger partial charge is 0.223 e. The zero-order chi connectivity index (χ0) is 12.1. The Kier molecular flexibility index (Phi) is 6.97. The molecular formula is C13H25ClN2O2. The molecular weight excluding hydrogens is 252 g/mol. The lowest BCUT2D eigenvalue weighted by Crippen LogP contribution is -2.38. The molecule has 0 aromatic carbocycles. The molecule has 18 heavy (non-hydrogen) atoms. The number of carbonyl (C=O) groups is 1. The molecule has 2 aliphatic rings. The van der Waals surface area contributed by atoms with Crippen molar-refractivity contribution in [1.29, 1.82) is 0 Å². The highest BCUT2D eigenvalue weighted by Gasteiger charge is 2.22. The van der Waals surface area contributed by atoms with Gasteiger partial charge >= 0.3 is 0 Å². The standard InChI is InChI=1S/C13H24N2O2.ClH/c1-15(9-11-4-3-7-17-10-11)13(16)8-12-5-2-6-14-12;/h11-12,14H,2-10H2,1H3;1H. The van der Waals surface area contributed by atoms with E-state index in [0.717, 1.165) is 39.1 Å². The van der Waals surface area contributed by atoms with Crippen molar-refractivity contribution < 1.29 is 9.53 Å². The molecule has 0 aliphatic carbocycles. The molecule has 0 aromatic rings. The third-order valence-corrected chi connectivity index (χ3v) is 3.80. The van der Waals surface area contributed by atoms with Gasteiger partial charge in [0.15, 0.2) is 0 Å². The van der Waals surface area contributed by atoms with Crippen molar-refractivity contribution in [2.75, 3.05) is 33.4 Å². The molecule has 0 spiro atoms. The lowest BCUT2D eigenvalue weighted by Gasteiger charge is -2.27. The van der Waals surface area contributed by atoms with E-state index in [1.54, 1.807) is 0 Å². The number of nitrogens with zero attached hydrogens (tertiary/aromatic N) is 1. The van der Waals surface area contributed by atoms with Crippen molar-refractivity contribution in [3.63, 3.8) is 0 Å². The van der Waals surface area contributed by atoms with Crippen LogP contribution in [-0.2, 0) is 9.53 Å². The van der Waals surface area contributed by atoms with Crippen LogP contribution in [0.5, 0.6) is 0 Å². The van der Waals surface area contributed by atoms with Gasteiger partial charge in [-0.15, -0.1) is 12.4 Å². The van der Waals surface area contributed by atoms with Gasteiger partial charge in [-0.2, -0.15) is 0 Å². The molecule has 2 aliphatic heterocycles. The first-order valence-corrected chi connectivity index (χ1v) is 6.81. The Morgan fingerprint density at radius 2 is 2.22 bits per heavy atom. The van der Waals surface area contributed by atoms with Crippen molar-refractivity contribution in [3.8, 4) is 0 Å². The fourth-order valence-electron chi connectivity index (χ4n) is 2.74. The highest BCUT2D eigenvalue weighted by atomic mass is 35.5. The van der Waals surface area contributed by atoms with Crippen LogP contribution in [0.1, 0.15) is 32.1 Å². The molecule has 2 saturated heterocycles. The van der Waals surface area contributed by atoms with Crippen LogP contribution < -0.4 is 5.32 Å². The Bertz CT molecular complexity index is 251. The van der Waals surface area contributed by atoms with E-state index in [2.05, 4.69) is 5.32 Å². The summed E-state index contributed by atoms with van der Waals surface area (Å²) in [4.78, 5) is 13.9. The maximum Gasteiger partial charge on any atom is 0.223 e. The fourth-order valence-corrected chi connectivity index (χ4v) is 2.74. The van der Waals surface area contributed by atoms with Gasteiger partial charge < -0.3 is 15.0 Å². The van der Waals surface area contributed by atoms with Crippen molar-refractivity contribution in [2.45, 2.75) is 38.1 Å². The van der Waals surface area contributed by atoms with Crippen LogP contribution >= 0.6 is 12.4 Å². The lowest BCUT2D eigenvalue weighted by molar-refractivity contribution is -0.131. The zero-order valence-electron chi connectivity index (χ0n) is 11.2. The number of halogens is 1. The van der Waals surface area contributed by atoms with Gasteiger partial charge in [-0.3, -0.25) is 4.79 Å². The molecule has 1 N–H and O–H groups in total. The molecule has 0 radical (unpaired) electrons. The Balaban J connectivity index is 0.00000162. The average Bonchev–Trinajstić information content (AvgIpc) is 2.83. The van der Waals surface area contributed by atoms with E-state index in [-0.39, 0.29) is 18.3 Å². The number of nitrogens with one attached hydrogen (secondary N) is 1. The molecule has 2 fully saturated rings. The zero-order valence-corrected chi connectivity index (χ0v) is 12.0. The predicted molar refractivity (Wildman–Crippen MR) is 74.1 cm³/mol. The minimum atomic E-state index is 0. The first-order chi connectivity index (χ1) is 8.25. The molecule has 106 valence electrons. The molecule has 1 amide bonds. The molecule has 2 heterocycles. The number of carbonyl (C=O) groups excluding carboxylic acids is 1. The minimum absolute atomic E-state index is 0. The van der Waals surface area contributed by atoms with Gasteiger partial charge in [-0.1, -0.05) is 0 Å². The van der Waals surface area contributed by atoms with Gasteiger partial charge in [0.05, 0.1) is 6.61 Å². The van der Waals surface area contributed by atoms with Crippen LogP contribution in [0.15, 0.2) is 0 Å². The second-order valence-electron chi connectivity index (χ2n) is 5.35. The van der Waals surface area contributed by atoms with Crippen molar-refractivity contribution in [2.24, 2.45) is 5.92 Å². The molecule has 4 nitrogen and oxygen atoms in total. The Morgan fingerprint density at radius 3 is 2.83 bits per heavy atom. The van der Waals surface area contributed by atoms with Crippen molar-refractivity contribution in [3.05, 3.63) is 0 Å². The van der Waals surface area contributed by atoms with Crippen molar-refractivity contribution >= 4 is 18.3 Å². The summed E-state index contributed by atoms with van der Waals surface area (Å²) < 4.78 is 5.45. The summed E-state index contributed by atoms with van der Waals surface area (Å²) in [5, 5.41) is 3.37. The third-order valence-electron chi connectivity index (χ3n) is 3.80. The predicted octanol–water partition coefficient (Wildman–Crippen LogP) is 1.44. The van der Waals surface area contributed by atoms with Gasteiger partial charge in [0.25, 0.3) is 0 Å². The fraction of sp³-hybridized carbons (Fsp3) is 0.923. The van der Waals surface area contributed by atoms with Crippen LogP contribution in [0.25, 0.3) is 0 Å². The van der Waals surface area contributed by atoms with E-state index in [1.165, 1.54) is 12.8 Å². The van der Waals surface area contributed by atoms with E-state index in [9.17, 15) is 4.79 Å². The van der Waals surface area contributed by atoms with E-state index in [4.69, 9.17) is 4.74 Å². The summed E-state index contributed by atoms with van der Waals surface area (Å²) in [5.41, 5.74) is 0. The summed E-state index contributed by atoms with van der Waals surface area (Å²) in [6.07, 6.45) is 5.34. The topological polar surface area (TPSA) is 41.6 Å². The Labute approximate surface area is 116 Å². The largest absolute Gasteiger partial charge is 0.381 e. The SMILES string of the molecule is CN(CC1CCCOC1)C(=O)CC1CCCN1.Cl. The lowest BCUT2D eigenvalue weighted by atomic mass is 10.0. The number of ether oxygens (including phenoxy) is 1. The summed E-state index contributed by atoms with van der Waals surface area (Å²) in [5.74, 6) is 0.809. The number of rotatable bonds is 4. The highest BCUT2D eigenvalue weighted by molar-refractivity contribution is 5.85. The van der Waals surface area contributed by atoms with Crippen LogP contribution in [0.2, 0.25) is 0 Å². The summed E-state index contributed by atoms with van der Waals surface area (Å²) >= 11 is 0. The number of amides is 1. The van der Waals surface area contributed by atoms with Crippen LogP contribution in [0.4, 0.5) is 0 Å². The summed E-state index contributed by atoms with van der Waals surface area (Å²) in [6.45, 7) is 3.63. The first kappa shape index (κ1) is 15.7. The van der Waals surface area contributed by atoms with Gasteiger partial charge in [0.2, 0.25) is 5.91 Å². The molecule has 0 saturated carbocycles. The van der Waals surface area contributed by atoms with E-state index >= 15 is 0 Å². The Hall–Kier alpha value is -0.320. The molecule has 0 aromatic heterocycles. The van der Waals surface area contributed by atoms with Crippen LogP contribution in [-0.4, -0.2) is 50.2 Å². The Morgan fingerprint density at radius 1 is 1.39 bits per heavy atom. The maximum atomic E-state index is 12.0. The second-order valence-corrected chi connectivity index (χ2v) is 5.35. The van der Waals surface area contributed by atoms with Gasteiger partial charge in [-0.25, -0.2) is 0 Å². The third kappa shape index (κ3) is 4.75. The monoisotopic (exact) mass is 276 g/mol. The molecule has 2 unspecified atom stereocenters. The number of hydrogen-bond acceptors (Lipinski definition) is 3. The second kappa shape index (κ2) is 7.97. The highest BCUT2D eigenvalue weighted by Crippen LogP contribution is 2.16.